The van der Waals surface area contributed by atoms with Crippen LogP contribution in [0.3, 0.4) is 0 Å². The number of imide groups is 1. The zero-order chi connectivity index (χ0) is 24.4. The highest BCUT2D eigenvalue weighted by molar-refractivity contribution is 6.46. The molecule has 0 unspecified atom stereocenters. The van der Waals surface area contributed by atoms with E-state index in [2.05, 4.69) is 5.32 Å². The Morgan fingerprint density at radius 2 is 1.50 bits per heavy atom. The Hall–Kier alpha value is -4.06. The predicted molar refractivity (Wildman–Crippen MR) is 134 cm³/mol. The van der Waals surface area contributed by atoms with Crippen LogP contribution < -0.4 is 19.7 Å². The Bertz CT molecular complexity index is 1260. The van der Waals surface area contributed by atoms with Crippen LogP contribution in [0.1, 0.15) is 30.5 Å². The topological polar surface area (TPSA) is 67.9 Å². The Balaban J connectivity index is 1.80. The maximum Gasteiger partial charge on any atom is 0.282 e. The molecule has 0 saturated carbocycles. The highest BCUT2D eigenvalue weighted by Gasteiger charge is 2.40. The molecule has 1 aliphatic rings. The molecule has 3 aromatic carbocycles. The number of methoxy groups -OCH3 is 1. The largest absolute Gasteiger partial charge is 0.497 e. The van der Waals surface area contributed by atoms with Crippen molar-refractivity contribution in [2.45, 2.75) is 33.8 Å². The minimum absolute atomic E-state index is 0.0325. The number of carbonyl (C=O) groups is 2. The second-order valence-electron chi connectivity index (χ2n) is 8.59. The molecule has 0 aromatic heterocycles. The summed E-state index contributed by atoms with van der Waals surface area (Å²) in [5.41, 5.74) is 4.30. The first-order chi connectivity index (χ1) is 16.3. The Morgan fingerprint density at radius 1 is 0.824 bits per heavy atom. The van der Waals surface area contributed by atoms with E-state index in [1.54, 1.807) is 25.3 Å². The summed E-state index contributed by atoms with van der Waals surface area (Å²) in [4.78, 5) is 28.5. The molecule has 0 aliphatic carbocycles. The number of anilines is 2. The number of hydrogen-bond donors (Lipinski definition) is 1. The molecule has 0 bridgehead atoms. The molecule has 34 heavy (non-hydrogen) atoms. The van der Waals surface area contributed by atoms with Crippen LogP contribution in [0.4, 0.5) is 11.4 Å². The van der Waals surface area contributed by atoms with Crippen LogP contribution in [0.5, 0.6) is 11.5 Å². The van der Waals surface area contributed by atoms with Gasteiger partial charge in [0.25, 0.3) is 11.8 Å². The highest BCUT2D eigenvalue weighted by atomic mass is 16.5. The maximum absolute atomic E-state index is 13.7. The fourth-order valence-corrected chi connectivity index (χ4v) is 4.05. The average molecular weight is 457 g/mol. The summed E-state index contributed by atoms with van der Waals surface area (Å²) in [6, 6.07) is 20.2. The molecule has 1 N–H and O–H groups in total. The van der Waals surface area contributed by atoms with E-state index in [0.717, 1.165) is 11.1 Å². The Kier molecular flexibility index (Phi) is 6.41. The van der Waals surface area contributed by atoms with Crippen LogP contribution in [-0.2, 0) is 9.59 Å². The summed E-state index contributed by atoms with van der Waals surface area (Å²) >= 11 is 0. The molecule has 2 amide bonds. The second-order valence-corrected chi connectivity index (χ2v) is 8.59. The molecule has 3 aromatic rings. The summed E-state index contributed by atoms with van der Waals surface area (Å²) in [6.07, 6.45) is 0.0325. The van der Waals surface area contributed by atoms with Gasteiger partial charge in [-0.15, -0.1) is 0 Å². The third-order valence-electron chi connectivity index (χ3n) is 5.40. The molecule has 0 radical (unpaired) electrons. The third kappa shape index (κ3) is 4.66. The van der Waals surface area contributed by atoms with Gasteiger partial charge in [0.05, 0.1) is 24.5 Å². The number of carbonyl (C=O) groups excluding carboxylic acids is 2. The minimum atomic E-state index is -0.407. The van der Waals surface area contributed by atoms with Gasteiger partial charge in [-0.05, 0) is 80.8 Å². The van der Waals surface area contributed by atoms with Crippen LogP contribution >= 0.6 is 0 Å². The van der Waals surface area contributed by atoms with Gasteiger partial charge in [0.2, 0.25) is 0 Å². The van der Waals surface area contributed by atoms with Crippen molar-refractivity contribution in [1.82, 2.24) is 0 Å². The Morgan fingerprint density at radius 3 is 2.12 bits per heavy atom. The molecule has 6 heteroatoms. The van der Waals surface area contributed by atoms with Gasteiger partial charge in [0.1, 0.15) is 17.2 Å². The summed E-state index contributed by atoms with van der Waals surface area (Å²) in [5, 5.41) is 3.18. The number of nitrogens with one attached hydrogen (secondary N) is 1. The van der Waals surface area contributed by atoms with E-state index in [4.69, 9.17) is 9.47 Å². The molecular formula is C28H28N2O4. The van der Waals surface area contributed by atoms with Gasteiger partial charge in [-0.25, -0.2) is 4.90 Å². The first-order valence-electron chi connectivity index (χ1n) is 11.2. The van der Waals surface area contributed by atoms with E-state index < -0.39 is 5.91 Å². The predicted octanol–water partition coefficient (Wildman–Crippen LogP) is 5.50. The number of hydrogen-bond acceptors (Lipinski definition) is 5. The van der Waals surface area contributed by atoms with Crippen molar-refractivity contribution in [2.75, 3.05) is 17.3 Å². The van der Waals surface area contributed by atoms with Gasteiger partial charge in [0, 0.05) is 11.8 Å². The van der Waals surface area contributed by atoms with E-state index in [-0.39, 0.29) is 17.7 Å². The van der Waals surface area contributed by atoms with Crippen LogP contribution in [0, 0.1) is 13.8 Å². The van der Waals surface area contributed by atoms with E-state index in [0.29, 0.717) is 34.0 Å². The van der Waals surface area contributed by atoms with Crippen molar-refractivity contribution >= 4 is 28.8 Å². The lowest BCUT2D eigenvalue weighted by Gasteiger charge is -2.17. The lowest BCUT2D eigenvalue weighted by Crippen LogP contribution is -2.32. The van der Waals surface area contributed by atoms with Gasteiger partial charge in [-0.2, -0.15) is 0 Å². The highest BCUT2D eigenvalue weighted by Crippen LogP contribution is 2.35. The number of ether oxygens (including phenoxy) is 2. The standard InChI is InChI=1S/C28H28N2O4/c1-17(2)34-23-11-9-20(10-12-23)25-26(29-21-7-6-8-24(16-21)33-5)28(32)30(27(25)31)22-14-18(3)13-19(4)15-22/h6-17,29H,1-5H3. The molecule has 4 rings (SSSR count). The zero-order valence-corrected chi connectivity index (χ0v) is 20.0. The van der Waals surface area contributed by atoms with Crippen molar-refractivity contribution in [3.8, 4) is 11.5 Å². The quantitative estimate of drug-likeness (QED) is 0.476. The van der Waals surface area contributed by atoms with Gasteiger partial charge < -0.3 is 14.8 Å². The normalized spacial score (nSPS) is 13.6. The minimum Gasteiger partial charge on any atom is -0.497 e. The van der Waals surface area contributed by atoms with E-state index in [9.17, 15) is 9.59 Å². The molecule has 0 atom stereocenters. The monoisotopic (exact) mass is 456 g/mol. The van der Waals surface area contributed by atoms with Crippen LogP contribution in [0.2, 0.25) is 0 Å². The maximum atomic E-state index is 13.7. The van der Waals surface area contributed by atoms with E-state index in [1.807, 2.05) is 76.2 Å². The van der Waals surface area contributed by atoms with Crippen molar-refractivity contribution in [2.24, 2.45) is 0 Å². The fraction of sp³-hybridized carbons (Fsp3) is 0.214. The van der Waals surface area contributed by atoms with Gasteiger partial charge in [-0.1, -0.05) is 24.3 Å². The molecule has 0 fully saturated rings. The summed E-state index contributed by atoms with van der Waals surface area (Å²) in [6.45, 7) is 7.79. The van der Waals surface area contributed by atoms with Crippen molar-refractivity contribution in [1.29, 1.82) is 0 Å². The number of aryl methyl sites for hydroxylation is 2. The molecule has 6 nitrogen and oxygen atoms in total. The van der Waals surface area contributed by atoms with Crippen molar-refractivity contribution in [3.05, 3.63) is 89.1 Å². The fourth-order valence-electron chi connectivity index (χ4n) is 4.05. The van der Waals surface area contributed by atoms with Crippen molar-refractivity contribution < 1.29 is 19.1 Å². The van der Waals surface area contributed by atoms with Gasteiger partial charge in [-0.3, -0.25) is 9.59 Å². The Labute approximate surface area is 199 Å². The first-order valence-corrected chi connectivity index (χ1v) is 11.2. The molecule has 0 saturated heterocycles. The van der Waals surface area contributed by atoms with Crippen LogP contribution in [0.15, 0.2) is 72.4 Å². The molecule has 1 heterocycles. The summed E-state index contributed by atoms with van der Waals surface area (Å²) in [7, 11) is 1.58. The molecular weight excluding hydrogens is 428 g/mol. The summed E-state index contributed by atoms with van der Waals surface area (Å²) in [5.74, 6) is 0.558. The average Bonchev–Trinajstić information content (AvgIpc) is 3.02. The number of benzene rings is 3. The van der Waals surface area contributed by atoms with Crippen LogP contribution in [-0.4, -0.2) is 25.0 Å². The van der Waals surface area contributed by atoms with E-state index >= 15 is 0 Å². The molecule has 174 valence electrons. The SMILES string of the molecule is COc1cccc(NC2=C(c3ccc(OC(C)C)cc3)C(=O)N(c3cc(C)cc(C)c3)C2=O)c1. The van der Waals surface area contributed by atoms with Crippen molar-refractivity contribution in [3.63, 3.8) is 0 Å². The lowest BCUT2D eigenvalue weighted by molar-refractivity contribution is -0.120. The first kappa shape index (κ1) is 23.1. The molecule has 1 aliphatic heterocycles. The molecule has 0 spiro atoms. The smallest absolute Gasteiger partial charge is 0.282 e. The number of rotatable bonds is 7. The van der Waals surface area contributed by atoms with Gasteiger partial charge >= 0.3 is 0 Å². The second kappa shape index (κ2) is 9.43. The lowest BCUT2D eigenvalue weighted by atomic mass is 10.0. The summed E-state index contributed by atoms with van der Waals surface area (Å²) < 4.78 is 11.0. The number of amides is 2. The third-order valence-corrected chi connectivity index (χ3v) is 5.40. The van der Waals surface area contributed by atoms with E-state index in [1.165, 1.54) is 4.90 Å². The van der Waals surface area contributed by atoms with Crippen LogP contribution in [0.25, 0.3) is 5.57 Å². The van der Waals surface area contributed by atoms with Gasteiger partial charge in [0.15, 0.2) is 0 Å². The number of nitrogens with zero attached hydrogens (tertiary/aromatic N) is 1. The zero-order valence-electron chi connectivity index (χ0n) is 20.0.